The lowest BCUT2D eigenvalue weighted by Crippen LogP contribution is -2.31. The molecule has 1 aromatic rings. The Morgan fingerprint density at radius 1 is 1.71 bits per heavy atom. The van der Waals surface area contributed by atoms with Crippen LogP contribution in [0.1, 0.15) is 16.8 Å². The van der Waals surface area contributed by atoms with Gasteiger partial charge in [0.05, 0.1) is 11.8 Å². The molecule has 14 heavy (non-hydrogen) atoms. The Bertz CT molecular complexity index is 346. The van der Waals surface area contributed by atoms with Gasteiger partial charge in [0.25, 0.3) is 5.91 Å². The fourth-order valence-corrected chi connectivity index (χ4v) is 1.69. The standard InChI is InChI=1S/C9H14N4O/c1-12-5-7(4-11-12)9(14)13-3-2-8(10)6-13/h4-5,8H,2-3,6,10H2,1H3/t8-/m0/s1. The van der Waals surface area contributed by atoms with Crippen molar-refractivity contribution < 1.29 is 4.79 Å². The smallest absolute Gasteiger partial charge is 0.257 e. The minimum absolute atomic E-state index is 0.0334. The van der Waals surface area contributed by atoms with Crippen LogP contribution in [0.15, 0.2) is 12.4 Å². The van der Waals surface area contributed by atoms with Crippen LogP contribution in [0.3, 0.4) is 0 Å². The second-order valence-electron chi connectivity index (χ2n) is 3.70. The number of carbonyl (C=O) groups is 1. The van der Waals surface area contributed by atoms with Crippen molar-refractivity contribution in [2.24, 2.45) is 12.8 Å². The Balaban J connectivity index is 2.09. The van der Waals surface area contributed by atoms with E-state index >= 15 is 0 Å². The first-order chi connectivity index (χ1) is 6.66. The Hall–Kier alpha value is -1.36. The summed E-state index contributed by atoms with van der Waals surface area (Å²) in [5, 5.41) is 3.97. The highest BCUT2D eigenvalue weighted by Gasteiger charge is 2.24. The van der Waals surface area contributed by atoms with E-state index in [1.54, 1.807) is 29.0 Å². The van der Waals surface area contributed by atoms with Gasteiger partial charge >= 0.3 is 0 Å². The average Bonchev–Trinajstić information content (AvgIpc) is 2.73. The summed E-state index contributed by atoms with van der Waals surface area (Å²) in [6.45, 7) is 1.42. The minimum atomic E-state index is 0.0334. The highest BCUT2D eigenvalue weighted by atomic mass is 16.2. The van der Waals surface area contributed by atoms with Crippen molar-refractivity contribution in [3.63, 3.8) is 0 Å². The van der Waals surface area contributed by atoms with Crippen LogP contribution in [-0.4, -0.2) is 39.7 Å². The molecule has 76 valence electrons. The first-order valence-electron chi connectivity index (χ1n) is 4.70. The van der Waals surface area contributed by atoms with E-state index in [0.717, 1.165) is 13.0 Å². The summed E-state index contributed by atoms with van der Waals surface area (Å²) in [7, 11) is 1.80. The average molecular weight is 194 g/mol. The predicted octanol–water partition coefficient (Wildman–Crippen LogP) is -0.407. The van der Waals surface area contributed by atoms with E-state index in [4.69, 9.17) is 5.73 Å². The molecular formula is C9H14N4O. The van der Waals surface area contributed by atoms with E-state index < -0.39 is 0 Å². The molecule has 0 aromatic carbocycles. The number of nitrogens with two attached hydrogens (primary N) is 1. The van der Waals surface area contributed by atoms with Gasteiger partial charge in [0, 0.05) is 32.4 Å². The summed E-state index contributed by atoms with van der Waals surface area (Å²) in [6.07, 6.45) is 4.21. The molecule has 1 amide bonds. The van der Waals surface area contributed by atoms with E-state index in [2.05, 4.69) is 5.10 Å². The van der Waals surface area contributed by atoms with Gasteiger partial charge in [-0.25, -0.2) is 0 Å². The van der Waals surface area contributed by atoms with E-state index in [-0.39, 0.29) is 11.9 Å². The molecule has 0 saturated carbocycles. The summed E-state index contributed by atoms with van der Waals surface area (Å²) in [5.41, 5.74) is 6.37. The Morgan fingerprint density at radius 3 is 3.00 bits per heavy atom. The van der Waals surface area contributed by atoms with E-state index in [0.29, 0.717) is 12.1 Å². The second-order valence-corrected chi connectivity index (χ2v) is 3.70. The third-order valence-electron chi connectivity index (χ3n) is 2.46. The van der Waals surface area contributed by atoms with Gasteiger partial charge in [-0.3, -0.25) is 9.48 Å². The fraction of sp³-hybridized carbons (Fsp3) is 0.556. The van der Waals surface area contributed by atoms with Crippen molar-refractivity contribution in [2.45, 2.75) is 12.5 Å². The molecule has 1 saturated heterocycles. The number of nitrogens with zero attached hydrogens (tertiary/aromatic N) is 3. The van der Waals surface area contributed by atoms with E-state index in [1.165, 1.54) is 0 Å². The zero-order valence-electron chi connectivity index (χ0n) is 8.18. The van der Waals surface area contributed by atoms with Crippen LogP contribution in [0.5, 0.6) is 0 Å². The lowest BCUT2D eigenvalue weighted by Gasteiger charge is -2.13. The molecule has 0 bridgehead atoms. The zero-order valence-corrected chi connectivity index (χ0v) is 8.18. The predicted molar refractivity (Wildman–Crippen MR) is 51.7 cm³/mol. The monoisotopic (exact) mass is 194 g/mol. The van der Waals surface area contributed by atoms with Crippen molar-refractivity contribution in [3.05, 3.63) is 18.0 Å². The zero-order chi connectivity index (χ0) is 10.1. The van der Waals surface area contributed by atoms with Gasteiger partial charge in [0.15, 0.2) is 0 Å². The molecule has 1 aliphatic heterocycles. The molecular weight excluding hydrogens is 180 g/mol. The molecule has 2 N–H and O–H groups in total. The lowest BCUT2D eigenvalue weighted by atomic mass is 10.3. The van der Waals surface area contributed by atoms with Crippen molar-refractivity contribution in [3.8, 4) is 0 Å². The lowest BCUT2D eigenvalue weighted by molar-refractivity contribution is 0.0791. The van der Waals surface area contributed by atoms with Gasteiger partial charge in [-0.05, 0) is 6.42 Å². The molecule has 2 rings (SSSR count). The van der Waals surface area contributed by atoms with Gasteiger partial charge in [-0.1, -0.05) is 0 Å². The Kier molecular flexibility index (Phi) is 2.25. The topological polar surface area (TPSA) is 64.2 Å². The second kappa shape index (κ2) is 3.42. The Labute approximate surface area is 82.5 Å². The van der Waals surface area contributed by atoms with Crippen LogP contribution in [0.2, 0.25) is 0 Å². The number of hydrogen-bond acceptors (Lipinski definition) is 3. The SMILES string of the molecule is Cn1cc(C(=O)N2CC[C@H](N)C2)cn1. The number of rotatable bonds is 1. The Morgan fingerprint density at radius 2 is 2.50 bits per heavy atom. The summed E-state index contributed by atoms with van der Waals surface area (Å²) in [4.78, 5) is 13.6. The van der Waals surface area contributed by atoms with Crippen LogP contribution >= 0.6 is 0 Å². The number of aromatic nitrogens is 2. The van der Waals surface area contributed by atoms with Crippen molar-refractivity contribution in [1.29, 1.82) is 0 Å². The van der Waals surface area contributed by atoms with Crippen LogP contribution in [0.25, 0.3) is 0 Å². The van der Waals surface area contributed by atoms with Gasteiger partial charge in [0.1, 0.15) is 0 Å². The quantitative estimate of drug-likeness (QED) is 0.661. The number of hydrogen-bond donors (Lipinski definition) is 1. The molecule has 0 aliphatic carbocycles. The first kappa shape index (κ1) is 9.21. The van der Waals surface area contributed by atoms with E-state index in [1.807, 2.05) is 0 Å². The number of amides is 1. The summed E-state index contributed by atoms with van der Waals surface area (Å²) >= 11 is 0. The molecule has 0 radical (unpaired) electrons. The minimum Gasteiger partial charge on any atom is -0.337 e. The molecule has 1 aliphatic rings. The highest BCUT2D eigenvalue weighted by Crippen LogP contribution is 2.11. The molecule has 5 heteroatoms. The maximum atomic E-state index is 11.8. The number of aryl methyl sites for hydroxylation is 1. The van der Waals surface area contributed by atoms with Crippen LogP contribution in [-0.2, 0) is 7.05 Å². The van der Waals surface area contributed by atoms with Gasteiger partial charge < -0.3 is 10.6 Å². The van der Waals surface area contributed by atoms with Crippen molar-refractivity contribution in [1.82, 2.24) is 14.7 Å². The van der Waals surface area contributed by atoms with Crippen LogP contribution < -0.4 is 5.73 Å². The van der Waals surface area contributed by atoms with Crippen molar-refractivity contribution in [2.75, 3.05) is 13.1 Å². The summed E-state index contributed by atoms with van der Waals surface area (Å²) in [6, 6.07) is 0.135. The highest BCUT2D eigenvalue weighted by molar-refractivity contribution is 5.93. The van der Waals surface area contributed by atoms with Gasteiger partial charge in [0.2, 0.25) is 0 Å². The maximum Gasteiger partial charge on any atom is 0.257 e. The third kappa shape index (κ3) is 1.63. The molecule has 1 fully saturated rings. The van der Waals surface area contributed by atoms with Gasteiger partial charge in [-0.2, -0.15) is 5.10 Å². The fourth-order valence-electron chi connectivity index (χ4n) is 1.69. The molecule has 5 nitrogen and oxygen atoms in total. The largest absolute Gasteiger partial charge is 0.337 e. The maximum absolute atomic E-state index is 11.8. The number of likely N-dealkylation sites (tertiary alicyclic amines) is 1. The van der Waals surface area contributed by atoms with Crippen LogP contribution in [0.4, 0.5) is 0 Å². The normalized spacial score (nSPS) is 21.6. The molecule has 1 aromatic heterocycles. The van der Waals surface area contributed by atoms with E-state index in [9.17, 15) is 4.79 Å². The van der Waals surface area contributed by atoms with Gasteiger partial charge in [-0.15, -0.1) is 0 Å². The summed E-state index contributed by atoms with van der Waals surface area (Å²) < 4.78 is 1.63. The first-order valence-corrected chi connectivity index (χ1v) is 4.70. The molecule has 0 unspecified atom stereocenters. The third-order valence-corrected chi connectivity index (χ3v) is 2.46. The van der Waals surface area contributed by atoms with Crippen LogP contribution in [0, 0.1) is 0 Å². The van der Waals surface area contributed by atoms with Crippen molar-refractivity contribution >= 4 is 5.91 Å². The molecule has 0 spiro atoms. The summed E-state index contributed by atoms with van der Waals surface area (Å²) in [5.74, 6) is 0.0334. The molecule has 2 heterocycles. The number of carbonyl (C=O) groups excluding carboxylic acids is 1. The molecule has 1 atom stereocenters.